The van der Waals surface area contributed by atoms with E-state index in [9.17, 15) is 0 Å². The largest absolute Gasteiger partial charge is 0.310 e. The van der Waals surface area contributed by atoms with Gasteiger partial charge in [-0.25, -0.2) is 0 Å². The summed E-state index contributed by atoms with van der Waals surface area (Å²) in [5.41, 5.74) is 11.7. The molecular weight excluding hydrogens is 629 g/mol. The van der Waals surface area contributed by atoms with Gasteiger partial charge < -0.3 is 9.47 Å². The number of benzene rings is 9. The third-order valence-corrected chi connectivity index (χ3v) is 10.3. The Hall–Kier alpha value is -6.90. The second-order valence-electron chi connectivity index (χ2n) is 13.4. The maximum Gasteiger partial charge on any atom is 0.0620 e. The lowest BCUT2D eigenvalue weighted by Gasteiger charge is -2.27. The Balaban J connectivity index is 1.19. The van der Waals surface area contributed by atoms with Crippen molar-refractivity contribution in [3.8, 4) is 27.9 Å². The molecule has 0 spiro atoms. The number of fused-ring (bicyclic) bond motifs is 6. The quantitative estimate of drug-likeness (QED) is 0.172. The van der Waals surface area contributed by atoms with Gasteiger partial charge in [0.15, 0.2) is 0 Å². The molecule has 244 valence electrons. The molecule has 9 aromatic carbocycles. The maximum absolute atomic E-state index is 2.43. The molecule has 2 heteroatoms. The molecular formula is C50H34N2. The van der Waals surface area contributed by atoms with E-state index < -0.39 is 0 Å². The average Bonchev–Trinajstić information content (AvgIpc) is 3.57. The number of aromatic nitrogens is 1. The fourth-order valence-corrected chi connectivity index (χ4v) is 7.92. The number of para-hydroxylation sites is 2. The van der Waals surface area contributed by atoms with Crippen molar-refractivity contribution in [3.63, 3.8) is 0 Å². The van der Waals surface area contributed by atoms with E-state index in [4.69, 9.17) is 0 Å². The summed E-state index contributed by atoms with van der Waals surface area (Å²) in [6.45, 7) is 0. The minimum Gasteiger partial charge on any atom is -0.310 e. The molecule has 2 nitrogen and oxygen atoms in total. The third kappa shape index (κ3) is 5.04. The first-order valence-electron chi connectivity index (χ1n) is 17.9. The molecule has 0 radical (unpaired) electrons. The molecule has 0 N–H and O–H groups in total. The lowest BCUT2D eigenvalue weighted by atomic mass is 9.98. The predicted molar refractivity (Wildman–Crippen MR) is 221 cm³/mol. The Kier molecular flexibility index (Phi) is 7.18. The molecule has 10 aromatic rings. The van der Waals surface area contributed by atoms with Gasteiger partial charge in [0.2, 0.25) is 0 Å². The van der Waals surface area contributed by atoms with Gasteiger partial charge in [-0.1, -0.05) is 152 Å². The highest BCUT2D eigenvalue weighted by Gasteiger charge is 2.19. The zero-order chi connectivity index (χ0) is 34.4. The van der Waals surface area contributed by atoms with Crippen molar-refractivity contribution >= 4 is 60.4 Å². The van der Waals surface area contributed by atoms with Gasteiger partial charge in [0, 0.05) is 38.9 Å². The SMILES string of the molecule is c1ccc(-c2cccc(N(c3ccc(-c4cccc5ccccc45)cc3)c3ccc4ccc5c6ccccc6n(-c6ccccc6)c5c4c3)c2)cc1. The predicted octanol–water partition coefficient (Wildman–Crippen LogP) is 13.9. The van der Waals surface area contributed by atoms with Crippen molar-refractivity contribution in [2.24, 2.45) is 0 Å². The van der Waals surface area contributed by atoms with Gasteiger partial charge in [0.1, 0.15) is 0 Å². The molecule has 0 aliphatic rings. The Morgan fingerprint density at radius 2 is 0.942 bits per heavy atom. The lowest BCUT2D eigenvalue weighted by Crippen LogP contribution is -2.10. The molecule has 10 rings (SSSR count). The van der Waals surface area contributed by atoms with Crippen LogP contribution in [-0.4, -0.2) is 4.57 Å². The minimum atomic E-state index is 1.10. The first kappa shape index (κ1) is 30.0. The zero-order valence-corrected chi connectivity index (χ0v) is 28.5. The van der Waals surface area contributed by atoms with Crippen LogP contribution in [0.4, 0.5) is 17.1 Å². The molecule has 0 amide bonds. The normalized spacial score (nSPS) is 11.5. The van der Waals surface area contributed by atoms with E-state index in [1.165, 1.54) is 65.6 Å². The highest BCUT2D eigenvalue weighted by Crippen LogP contribution is 2.42. The Bertz CT molecular complexity index is 2880. The topological polar surface area (TPSA) is 8.17 Å². The van der Waals surface area contributed by atoms with E-state index in [2.05, 4.69) is 216 Å². The summed E-state index contributed by atoms with van der Waals surface area (Å²) in [7, 11) is 0. The molecule has 0 atom stereocenters. The molecule has 1 aromatic heterocycles. The molecule has 0 aliphatic carbocycles. The van der Waals surface area contributed by atoms with Crippen LogP contribution in [0.5, 0.6) is 0 Å². The summed E-state index contributed by atoms with van der Waals surface area (Å²) in [6.07, 6.45) is 0. The minimum absolute atomic E-state index is 1.10. The Morgan fingerprint density at radius 3 is 1.79 bits per heavy atom. The fourth-order valence-electron chi connectivity index (χ4n) is 7.92. The van der Waals surface area contributed by atoms with Crippen LogP contribution in [0.15, 0.2) is 206 Å². The molecule has 1 heterocycles. The van der Waals surface area contributed by atoms with Gasteiger partial charge in [-0.15, -0.1) is 0 Å². The standard InChI is InChI=1S/C50H34N2/c1-3-13-35(14-4-1)39-17-11-20-42(33-39)51(41-29-25-37(26-30-41)45-23-12-16-36-15-7-8-21-44(36)45)43-31-27-38-28-32-47-46-22-9-10-24-49(46)52(50(47)48(38)34-43)40-18-5-2-6-19-40/h1-34H. The average molecular weight is 663 g/mol. The van der Waals surface area contributed by atoms with Crippen molar-refractivity contribution in [2.75, 3.05) is 4.90 Å². The smallest absolute Gasteiger partial charge is 0.0620 e. The molecule has 0 bridgehead atoms. The van der Waals surface area contributed by atoms with E-state index >= 15 is 0 Å². The van der Waals surface area contributed by atoms with Gasteiger partial charge in [-0.05, 0) is 93.0 Å². The first-order valence-corrected chi connectivity index (χ1v) is 17.9. The van der Waals surface area contributed by atoms with Crippen LogP contribution in [0.25, 0.3) is 71.3 Å². The van der Waals surface area contributed by atoms with Gasteiger partial charge in [0.05, 0.1) is 11.0 Å². The van der Waals surface area contributed by atoms with Crippen molar-refractivity contribution in [2.45, 2.75) is 0 Å². The zero-order valence-electron chi connectivity index (χ0n) is 28.5. The second kappa shape index (κ2) is 12.5. The van der Waals surface area contributed by atoms with E-state index in [1.807, 2.05) is 0 Å². The van der Waals surface area contributed by atoms with Crippen LogP contribution in [0.3, 0.4) is 0 Å². The van der Waals surface area contributed by atoms with Gasteiger partial charge in [-0.3, -0.25) is 0 Å². The number of hydrogen-bond acceptors (Lipinski definition) is 1. The summed E-state index contributed by atoms with van der Waals surface area (Å²) < 4.78 is 2.43. The van der Waals surface area contributed by atoms with Crippen molar-refractivity contribution in [1.82, 2.24) is 4.57 Å². The third-order valence-electron chi connectivity index (χ3n) is 10.3. The summed E-state index contributed by atoms with van der Waals surface area (Å²) in [5.74, 6) is 0. The molecule has 0 aliphatic heterocycles. The number of nitrogens with zero attached hydrogens (tertiary/aromatic N) is 2. The van der Waals surface area contributed by atoms with Crippen molar-refractivity contribution < 1.29 is 0 Å². The molecule has 0 saturated heterocycles. The number of rotatable bonds is 6. The Morgan fingerprint density at radius 1 is 0.327 bits per heavy atom. The lowest BCUT2D eigenvalue weighted by molar-refractivity contribution is 1.19. The summed E-state index contributed by atoms with van der Waals surface area (Å²) in [4.78, 5) is 2.40. The summed E-state index contributed by atoms with van der Waals surface area (Å²) in [6, 6.07) is 74.7. The molecule has 52 heavy (non-hydrogen) atoms. The van der Waals surface area contributed by atoms with E-state index in [-0.39, 0.29) is 0 Å². The van der Waals surface area contributed by atoms with Crippen LogP contribution in [0.2, 0.25) is 0 Å². The fraction of sp³-hybridized carbons (Fsp3) is 0. The van der Waals surface area contributed by atoms with Crippen molar-refractivity contribution in [1.29, 1.82) is 0 Å². The first-order chi connectivity index (χ1) is 25.8. The monoisotopic (exact) mass is 662 g/mol. The highest BCUT2D eigenvalue weighted by molar-refractivity contribution is 6.19. The van der Waals surface area contributed by atoms with Crippen molar-refractivity contribution in [3.05, 3.63) is 206 Å². The van der Waals surface area contributed by atoms with Crippen LogP contribution < -0.4 is 4.90 Å². The second-order valence-corrected chi connectivity index (χ2v) is 13.4. The van der Waals surface area contributed by atoms with Crippen LogP contribution in [-0.2, 0) is 0 Å². The number of hydrogen-bond donors (Lipinski definition) is 0. The van der Waals surface area contributed by atoms with Gasteiger partial charge in [-0.2, -0.15) is 0 Å². The maximum atomic E-state index is 2.43. The van der Waals surface area contributed by atoms with Gasteiger partial charge in [0.25, 0.3) is 0 Å². The van der Waals surface area contributed by atoms with Crippen LogP contribution in [0, 0.1) is 0 Å². The molecule has 0 saturated carbocycles. The molecule has 0 fully saturated rings. The van der Waals surface area contributed by atoms with E-state index in [1.54, 1.807) is 0 Å². The molecule has 0 unspecified atom stereocenters. The van der Waals surface area contributed by atoms with Crippen LogP contribution >= 0.6 is 0 Å². The Labute approximate surface area is 303 Å². The number of anilines is 3. The highest BCUT2D eigenvalue weighted by atomic mass is 15.1. The summed E-state index contributed by atoms with van der Waals surface area (Å²) in [5, 5.41) is 7.44. The van der Waals surface area contributed by atoms with E-state index in [0.29, 0.717) is 0 Å². The van der Waals surface area contributed by atoms with Crippen LogP contribution in [0.1, 0.15) is 0 Å². The van der Waals surface area contributed by atoms with E-state index in [0.717, 1.165) is 22.7 Å². The summed E-state index contributed by atoms with van der Waals surface area (Å²) >= 11 is 0. The van der Waals surface area contributed by atoms with Gasteiger partial charge >= 0.3 is 0 Å².